The van der Waals surface area contributed by atoms with Crippen LogP contribution < -0.4 is 5.32 Å². The number of hydrogen-bond donors (Lipinski definition) is 9. The summed E-state index contributed by atoms with van der Waals surface area (Å²) in [6, 6.07) is -0.824. The fourth-order valence-electron chi connectivity index (χ4n) is 12.0. The van der Waals surface area contributed by atoms with Gasteiger partial charge in [0.05, 0.1) is 32.0 Å². The third kappa shape index (κ3) is 38.0. The minimum Gasteiger partial charge on any atom is -0.394 e. The van der Waals surface area contributed by atoms with Crippen molar-refractivity contribution in [2.24, 2.45) is 0 Å². The third-order valence-electron chi connectivity index (χ3n) is 17.6. The summed E-state index contributed by atoms with van der Waals surface area (Å²) in [5, 5.41) is 87.6. The summed E-state index contributed by atoms with van der Waals surface area (Å²) < 4.78 is 22.9. The lowest BCUT2D eigenvalue weighted by molar-refractivity contribution is -0.359. The standard InChI is InChI=1S/C67H131NO13/c1-3-5-7-9-11-13-15-17-19-21-23-25-26-27-28-29-30-31-33-35-37-39-41-43-45-47-49-51-59(72)68-55(56(71)50-48-46-44-42-40-38-36-34-32-24-22-20-18-16-14-12-10-8-6-4-2)54-78-66-64(77)62(75)65(58(53-70)80-66)81-67-63(76)61(74)60(73)57(52-69)79-67/h55-58,60-67,69-71,73-77H,3-54H2,1-2H3,(H,68,72). The molecule has 9 N–H and O–H groups in total. The zero-order chi connectivity index (χ0) is 58.8. The van der Waals surface area contributed by atoms with E-state index < -0.39 is 86.8 Å². The van der Waals surface area contributed by atoms with E-state index in [9.17, 15) is 45.6 Å². The average Bonchev–Trinajstić information content (AvgIpc) is 3.62. The van der Waals surface area contributed by atoms with Gasteiger partial charge in [-0.2, -0.15) is 0 Å². The Morgan fingerprint density at radius 1 is 0.395 bits per heavy atom. The van der Waals surface area contributed by atoms with E-state index in [1.54, 1.807) is 0 Å². The van der Waals surface area contributed by atoms with Crippen LogP contribution in [-0.2, 0) is 23.7 Å². The van der Waals surface area contributed by atoms with E-state index >= 15 is 0 Å². The second-order valence-electron chi connectivity index (χ2n) is 25.0. The molecule has 2 saturated heterocycles. The van der Waals surface area contributed by atoms with Gasteiger partial charge in [0.2, 0.25) is 5.91 Å². The van der Waals surface area contributed by atoms with Crippen molar-refractivity contribution in [2.45, 2.75) is 402 Å². The number of amides is 1. The van der Waals surface area contributed by atoms with Gasteiger partial charge in [0.25, 0.3) is 0 Å². The molecule has 81 heavy (non-hydrogen) atoms. The molecule has 1 amide bonds. The number of unbranched alkanes of at least 4 members (excludes halogenated alkanes) is 45. The molecule has 0 aliphatic carbocycles. The van der Waals surface area contributed by atoms with Crippen LogP contribution in [0, 0.1) is 0 Å². The van der Waals surface area contributed by atoms with Gasteiger partial charge < -0.3 is 65.1 Å². The number of aliphatic hydroxyl groups is 8. The van der Waals surface area contributed by atoms with Gasteiger partial charge >= 0.3 is 0 Å². The van der Waals surface area contributed by atoms with Crippen molar-refractivity contribution in [2.75, 3.05) is 19.8 Å². The third-order valence-corrected chi connectivity index (χ3v) is 17.6. The minimum absolute atomic E-state index is 0.197. The molecule has 2 aliphatic heterocycles. The smallest absolute Gasteiger partial charge is 0.220 e. The molecule has 0 aromatic carbocycles. The lowest BCUT2D eigenvalue weighted by Crippen LogP contribution is -2.65. The van der Waals surface area contributed by atoms with Crippen LogP contribution in [0.3, 0.4) is 0 Å². The van der Waals surface area contributed by atoms with E-state index in [1.165, 1.54) is 250 Å². The molecule has 0 radical (unpaired) electrons. The summed E-state index contributed by atoms with van der Waals surface area (Å²) in [7, 11) is 0. The predicted molar refractivity (Wildman–Crippen MR) is 328 cm³/mol. The molecule has 0 aromatic rings. The van der Waals surface area contributed by atoms with Crippen LogP contribution in [0.2, 0.25) is 0 Å². The molecule has 482 valence electrons. The van der Waals surface area contributed by atoms with E-state index in [2.05, 4.69) is 19.2 Å². The average molecular weight is 1160 g/mol. The first-order valence-corrected chi connectivity index (χ1v) is 34.8. The van der Waals surface area contributed by atoms with Gasteiger partial charge in [0, 0.05) is 6.42 Å². The molecule has 0 bridgehead atoms. The van der Waals surface area contributed by atoms with Gasteiger partial charge in [0.1, 0.15) is 48.8 Å². The van der Waals surface area contributed by atoms with Crippen molar-refractivity contribution < 1.29 is 64.6 Å². The first-order valence-electron chi connectivity index (χ1n) is 34.8. The van der Waals surface area contributed by atoms with E-state index in [0.29, 0.717) is 12.8 Å². The molecular weight excluding hydrogens is 1030 g/mol. The topological polar surface area (TPSA) is 228 Å². The minimum atomic E-state index is -1.78. The number of ether oxygens (including phenoxy) is 4. The van der Waals surface area contributed by atoms with E-state index in [4.69, 9.17) is 18.9 Å². The van der Waals surface area contributed by atoms with Crippen LogP contribution in [0.5, 0.6) is 0 Å². The Morgan fingerprint density at radius 3 is 1.05 bits per heavy atom. The molecule has 0 saturated carbocycles. The van der Waals surface area contributed by atoms with Gasteiger partial charge in [-0.05, 0) is 12.8 Å². The lowest BCUT2D eigenvalue weighted by atomic mass is 9.97. The number of aliphatic hydroxyl groups excluding tert-OH is 8. The van der Waals surface area contributed by atoms with E-state index in [-0.39, 0.29) is 12.5 Å². The Balaban J connectivity index is 1.66. The van der Waals surface area contributed by atoms with E-state index in [0.717, 1.165) is 51.4 Å². The number of hydrogen-bond acceptors (Lipinski definition) is 13. The number of carbonyl (C=O) groups excluding carboxylic acids is 1. The molecule has 2 heterocycles. The van der Waals surface area contributed by atoms with Crippen molar-refractivity contribution in [3.8, 4) is 0 Å². The molecule has 2 fully saturated rings. The van der Waals surface area contributed by atoms with Crippen molar-refractivity contribution in [3.05, 3.63) is 0 Å². The Labute approximate surface area is 495 Å². The number of rotatable bonds is 58. The van der Waals surface area contributed by atoms with Crippen molar-refractivity contribution in [3.63, 3.8) is 0 Å². The van der Waals surface area contributed by atoms with Gasteiger partial charge in [-0.15, -0.1) is 0 Å². The van der Waals surface area contributed by atoms with Crippen LogP contribution >= 0.6 is 0 Å². The summed E-state index contributed by atoms with van der Waals surface area (Å²) in [6.45, 7) is 2.93. The zero-order valence-electron chi connectivity index (χ0n) is 52.3. The highest BCUT2D eigenvalue weighted by atomic mass is 16.7. The molecular formula is C67H131NO13. The highest BCUT2D eigenvalue weighted by Crippen LogP contribution is 2.30. The number of nitrogens with one attached hydrogen (secondary N) is 1. The Bertz CT molecular complexity index is 1360. The summed E-state index contributed by atoms with van der Waals surface area (Å²) in [6.07, 6.45) is 45.4. The maximum Gasteiger partial charge on any atom is 0.220 e. The lowest BCUT2D eigenvalue weighted by Gasteiger charge is -2.46. The second-order valence-corrected chi connectivity index (χ2v) is 25.0. The summed E-state index contributed by atoms with van der Waals surface area (Å²) in [4.78, 5) is 13.3. The predicted octanol–water partition coefficient (Wildman–Crippen LogP) is 13.6. The molecule has 2 aliphatic rings. The SMILES string of the molecule is CCCCCCCCCCCCCCCCCCCCCCCCCCCCCC(=O)NC(COC1OC(CO)C(OC2OC(CO)C(O)C(O)C2O)C(O)C1O)C(O)CCCCCCCCCCCCCCCCCCCCCC. The van der Waals surface area contributed by atoms with Crippen LogP contribution in [-0.4, -0.2) is 140 Å². The van der Waals surface area contributed by atoms with Gasteiger partial charge in [-0.1, -0.05) is 309 Å². The molecule has 0 spiro atoms. The first-order chi connectivity index (χ1) is 39.6. The maximum atomic E-state index is 13.3. The van der Waals surface area contributed by atoms with Crippen molar-refractivity contribution >= 4 is 5.91 Å². The summed E-state index contributed by atoms with van der Waals surface area (Å²) >= 11 is 0. The molecule has 14 heteroatoms. The Hall–Kier alpha value is -1.01. The highest BCUT2D eigenvalue weighted by molar-refractivity contribution is 5.76. The Morgan fingerprint density at radius 2 is 0.704 bits per heavy atom. The largest absolute Gasteiger partial charge is 0.394 e. The monoisotopic (exact) mass is 1160 g/mol. The Kier molecular flexibility index (Phi) is 50.0. The maximum absolute atomic E-state index is 13.3. The zero-order valence-corrected chi connectivity index (χ0v) is 52.3. The highest BCUT2D eigenvalue weighted by Gasteiger charge is 2.51. The fraction of sp³-hybridized carbons (Fsp3) is 0.985. The van der Waals surface area contributed by atoms with Gasteiger partial charge in [-0.25, -0.2) is 0 Å². The van der Waals surface area contributed by atoms with Crippen LogP contribution in [0.4, 0.5) is 0 Å². The molecule has 2 rings (SSSR count). The second kappa shape index (κ2) is 53.2. The molecule has 14 nitrogen and oxygen atoms in total. The number of carbonyl (C=O) groups is 1. The van der Waals surface area contributed by atoms with Crippen LogP contribution in [0.25, 0.3) is 0 Å². The van der Waals surface area contributed by atoms with Crippen LogP contribution in [0.1, 0.15) is 328 Å². The molecule has 12 atom stereocenters. The van der Waals surface area contributed by atoms with Crippen molar-refractivity contribution in [1.29, 1.82) is 0 Å². The summed E-state index contributed by atoms with van der Waals surface area (Å²) in [5.74, 6) is -0.197. The molecule has 0 aromatic heterocycles. The van der Waals surface area contributed by atoms with Gasteiger partial charge in [0.15, 0.2) is 12.6 Å². The van der Waals surface area contributed by atoms with Crippen LogP contribution in [0.15, 0.2) is 0 Å². The van der Waals surface area contributed by atoms with E-state index in [1.807, 2.05) is 0 Å². The normalized spacial score (nSPS) is 24.0. The summed E-state index contributed by atoms with van der Waals surface area (Å²) in [5.41, 5.74) is 0. The molecule has 12 unspecified atom stereocenters. The first kappa shape index (κ1) is 76.1. The van der Waals surface area contributed by atoms with Crippen molar-refractivity contribution in [1.82, 2.24) is 5.32 Å². The fourth-order valence-corrected chi connectivity index (χ4v) is 12.0. The quantitative estimate of drug-likeness (QED) is 0.0259. The van der Waals surface area contributed by atoms with Gasteiger partial charge in [-0.3, -0.25) is 4.79 Å².